The summed E-state index contributed by atoms with van der Waals surface area (Å²) >= 11 is 0. The predicted molar refractivity (Wildman–Crippen MR) is 104 cm³/mol. The van der Waals surface area contributed by atoms with Crippen LogP contribution < -0.4 is 10.3 Å². The summed E-state index contributed by atoms with van der Waals surface area (Å²) in [4.78, 5) is 23.7. The molecule has 6 nitrogen and oxygen atoms in total. The second-order valence-corrected chi connectivity index (χ2v) is 6.36. The highest BCUT2D eigenvalue weighted by molar-refractivity contribution is 6.18. The molecule has 0 amide bonds. The molecule has 3 aromatic carbocycles. The Morgan fingerprint density at radius 2 is 1.67 bits per heavy atom. The summed E-state index contributed by atoms with van der Waals surface area (Å²) in [6, 6.07) is 19.0. The number of benzene rings is 3. The van der Waals surface area contributed by atoms with Crippen LogP contribution in [0.25, 0.3) is 21.7 Å². The number of carbonyl (C=O) groups is 1. The molecule has 0 aliphatic rings. The van der Waals surface area contributed by atoms with E-state index in [9.17, 15) is 14.9 Å². The number of nitrogens with two attached hydrogens (primary N) is 1. The summed E-state index contributed by atoms with van der Waals surface area (Å²) in [6.07, 6.45) is 0. The van der Waals surface area contributed by atoms with Gasteiger partial charge in [-0.05, 0) is 30.3 Å². The molecule has 0 aliphatic heterocycles. The van der Waals surface area contributed by atoms with Crippen molar-refractivity contribution in [2.24, 2.45) is 7.05 Å². The molecule has 0 atom stereocenters. The number of aromatic nitrogens is 1. The van der Waals surface area contributed by atoms with Gasteiger partial charge in [0.1, 0.15) is 7.05 Å². The van der Waals surface area contributed by atoms with E-state index < -0.39 is 4.92 Å². The Labute approximate surface area is 154 Å². The van der Waals surface area contributed by atoms with Gasteiger partial charge in [0.15, 0.2) is 0 Å². The highest BCUT2D eigenvalue weighted by atomic mass is 16.6. The van der Waals surface area contributed by atoms with Crippen molar-refractivity contribution in [1.82, 2.24) is 0 Å². The van der Waals surface area contributed by atoms with Crippen LogP contribution in [-0.4, -0.2) is 10.7 Å². The van der Waals surface area contributed by atoms with Crippen molar-refractivity contribution >= 4 is 38.8 Å². The zero-order valence-corrected chi connectivity index (χ0v) is 14.5. The number of aryl methyl sites for hydroxylation is 1. The number of anilines is 1. The van der Waals surface area contributed by atoms with Gasteiger partial charge >= 0.3 is 0 Å². The van der Waals surface area contributed by atoms with Crippen LogP contribution in [0.2, 0.25) is 0 Å². The number of nitro benzene ring substituents is 1. The zero-order chi connectivity index (χ0) is 19.1. The molecule has 0 saturated heterocycles. The average molecular weight is 358 g/mol. The number of para-hydroxylation sites is 1. The fourth-order valence-corrected chi connectivity index (χ4v) is 3.43. The number of hydrogen-bond donors (Lipinski definition) is 1. The third-order valence-corrected chi connectivity index (χ3v) is 4.75. The van der Waals surface area contributed by atoms with Gasteiger partial charge in [-0.2, -0.15) is 4.57 Å². The summed E-state index contributed by atoms with van der Waals surface area (Å²) in [5.41, 5.74) is 8.29. The number of fused-ring (bicyclic) bond motifs is 3. The first-order chi connectivity index (χ1) is 13.0. The lowest BCUT2D eigenvalue weighted by Crippen LogP contribution is -2.37. The Bertz CT molecular complexity index is 1230. The molecule has 0 spiro atoms. The predicted octanol–water partition coefficient (Wildman–Crippen LogP) is 3.54. The van der Waals surface area contributed by atoms with E-state index in [1.165, 1.54) is 24.3 Å². The standard InChI is InChI=1S/C21H15N3O3/c1-23-19-5-3-2-4-17(19)16-11-8-14(22)12-18(16)20(23)21(25)13-6-9-15(10-7-13)24(26)27/h2-12H,1H3,(H-,22,25)/p+1. The molecule has 27 heavy (non-hydrogen) atoms. The number of hydrogen-bond acceptors (Lipinski definition) is 4. The lowest BCUT2D eigenvalue weighted by atomic mass is 9.98. The molecule has 2 N–H and O–H groups in total. The molecule has 4 aromatic rings. The molecule has 0 aliphatic carbocycles. The number of carbonyl (C=O) groups excluding carboxylic acids is 1. The largest absolute Gasteiger partial charge is 0.399 e. The van der Waals surface area contributed by atoms with Crippen molar-refractivity contribution in [2.45, 2.75) is 0 Å². The number of non-ortho nitro benzene ring substituents is 1. The summed E-state index contributed by atoms with van der Waals surface area (Å²) in [6.45, 7) is 0. The first kappa shape index (κ1) is 16.7. The van der Waals surface area contributed by atoms with Crippen molar-refractivity contribution in [2.75, 3.05) is 5.73 Å². The van der Waals surface area contributed by atoms with Crippen LogP contribution in [0.5, 0.6) is 0 Å². The van der Waals surface area contributed by atoms with E-state index in [0.717, 1.165) is 21.7 Å². The van der Waals surface area contributed by atoms with Crippen LogP contribution in [0.15, 0.2) is 66.7 Å². The number of nitro groups is 1. The van der Waals surface area contributed by atoms with Gasteiger partial charge in [0.2, 0.25) is 5.52 Å². The van der Waals surface area contributed by atoms with Gasteiger partial charge in [-0.3, -0.25) is 14.9 Å². The van der Waals surface area contributed by atoms with Crippen LogP contribution in [0.3, 0.4) is 0 Å². The molecule has 1 heterocycles. The van der Waals surface area contributed by atoms with Crippen LogP contribution in [0.4, 0.5) is 11.4 Å². The topological polar surface area (TPSA) is 90.1 Å². The summed E-state index contributed by atoms with van der Waals surface area (Å²) in [5.74, 6) is -0.214. The highest BCUT2D eigenvalue weighted by Gasteiger charge is 2.26. The molecule has 132 valence electrons. The Hall–Kier alpha value is -3.80. The van der Waals surface area contributed by atoms with Crippen LogP contribution in [0, 0.1) is 10.1 Å². The number of rotatable bonds is 3. The number of nitrogen functional groups attached to an aromatic ring is 1. The van der Waals surface area contributed by atoms with Gasteiger partial charge in [-0.1, -0.05) is 18.2 Å². The fourth-order valence-electron chi connectivity index (χ4n) is 3.43. The monoisotopic (exact) mass is 358 g/mol. The first-order valence-corrected chi connectivity index (χ1v) is 8.36. The summed E-state index contributed by atoms with van der Waals surface area (Å²) < 4.78 is 1.85. The normalized spacial score (nSPS) is 11.0. The van der Waals surface area contributed by atoms with Crippen molar-refractivity contribution in [1.29, 1.82) is 0 Å². The van der Waals surface area contributed by atoms with E-state index in [1.54, 1.807) is 6.07 Å². The van der Waals surface area contributed by atoms with Gasteiger partial charge < -0.3 is 5.73 Å². The molecular weight excluding hydrogens is 342 g/mol. The molecule has 4 rings (SSSR count). The van der Waals surface area contributed by atoms with E-state index in [1.807, 2.05) is 48.0 Å². The molecule has 0 unspecified atom stereocenters. The molecule has 6 heteroatoms. The minimum Gasteiger partial charge on any atom is -0.399 e. The molecule has 1 aromatic heterocycles. The first-order valence-electron chi connectivity index (χ1n) is 8.36. The maximum Gasteiger partial charge on any atom is 0.269 e. The van der Waals surface area contributed by atoms with Crippen LogP contribution in [0.1, 0.15) is 16.1 Å². The van der Waals surface area contributed by atoms with E-state index in [2.05, 4.69) is 0 Å². The second kappa shape index (κ2) is 6.17. The third-order valence-electron chi connectivity index (χ3n) is 4.75. The quantitative estimate of drug-likeness (QED) is 0.151. The maximum atomic E-state index is 13.3. The number of nitrogens with zero attached hydrogens (tertiary/aromatic N) is 2. The molecule has 0 saturated carbocycles. The Morgan fingerprint density at radius 3 is 2.37 bits per heavy atom. The van der Waals surface area contributed by atoms with Crippen LogP contribution >= 0.6 is 0 Å². The average Bonchev–Trinajstić information content (AvgIpc) is 2.68. The lowest BCUT2D eigenvalue weighted by Gasteiger charge is -2.09. The van der Waals surface area contributed by atoms with Crippen molar-refractivity contribution < 1.29 is 14.3 Å². The van der Waals surface area contributed by atoms with E-state index in [4.69, 9.17) is 5.73 Å². The number of ketones is 1. The fraction of sp³-hybridized carbons (Fsp3) is 0.0476. The van der Waals surface area contributed by atoms with E-state index in [-0.39, 0.29) is 11.5 Å². The zero-order valence-electron chi connectivity index (χ0n) is 14.5. The van der Waals surface area contributed by atoms with Gasteiger partial charge in [-0.15, -0.1) is 0 Å². The van der Waals surface area contributed by atoms with Crippen molar-refractivity contribution in [3.05, 3.63) is 88.1 Å². The van der Waals surface area contributed by atoms with Crippen LogP contribution in [-0.2, 0) is 7.05 Å². The Balaban J connectivity index is 2.01. The second-order valence-electron chi connectivity index (χ2n) is 6.36. The van der Waals surface area contributed by atoms with Gasteiger partial charge in [0.05, 0.1) is 15.7 Å². The third kappa shape index (κ3) is 2.67. The minimum atomic E-state index is -0.486. The smallest absolute Gasteiger partial charge is 0.269 e. The minimum absolute atomic E-state index is 0.0523. The number of pyridine rings is 1. The Morgan fingerprint density at radius 1 is 0.963 bits per heavy atom. The van der Waals surface area contributed by atoms with Crippen molar-refractivity contribution in [3.8, 4) is 0 Å². The van der Waals surface area contributed by atoms with E-state index in [0.29, 0.717) is 16.9 Å². The van der Waals surface area contributed by atoms with Gasteiger partial charge in [0, 0.05) is 34.8 Å². The van der Waals surface area contributed by atoms with Gasteiger partial charge in [-0.25, -0.2) is 0 Å². The maximum absolute atomic E-state index is 13.3. The molecular formula is C21H16N3O3+. The van der Waals surface area contributed by atoms with Gasteiger partial charge in [0.25, 0.3) is 17.2 Å². The Kier molecular flexibility index (Phi) is 3.81. The summed E-state index contributed by atoms with van der Waals surface area (Å²) in [5, 5.41) is 13.6. The molecule has 0 fully saturated rings. The SMILES string of the molecule is C[n+]1c(C(=O)c2ccc([N+](=O)[O-])cc2)c2cc(N)ccc2c2ccccc21. The van der Waals surface area contributed by atoms with E-state index >= 15 is 0 Å². The lowest BCUT2D eigenvalue weighted by molar-refractivity contribution is -0.645. The van der Waals surface area contributed by atoms with Crippen molar-refractivity contribution in [3.63, 3.8) is 0 Å². The molecule has 0 bridgehead atoms. The molecule has 0 radical (unpaired) electrons. The highest BCUT2D eigenvalue weighted by Crippen LogP contribution is 2.28. The summed E-state index contributed by atoms with van der Waals surface area (Å²) in [7, 11) is 1.84.